The second-order valence-corrected chi connectivity index (χ2v) is 0.752. The maximum atomic E-state index is 9.60. The summed E-state index contributed by atoms with van der Waals surface area (Å²) in [6.07, 6.45) is -0.711. The SMILES string of the molecule is CCOC(N)=O.[W]. The minimum Gasteiger partial charge on any atom is -0.450 e. The molecule has 0 aliphatic rings. The number of nitrogens with two attached hydrogens (primary N) is 1. The maximum Gasteiger partial charge on any atom is 0.404 e. The van der Waals surface area contributed by atoms with E-state index in [9.17, 15) is 4.79 Å². The number of amides is 1. The van der Waals surface area contributed by atoms with Crippen LogP contribution in [0.5, 0.6) is 0 Å². The largest absolute Gasteiger partial charge is 0.450 e. The summed E-state index contributed by atoms with van der Waals surface area (Å²) >= 11 is 0. The molecular weight excluding hydrogens is 266 g/mol. The molecule has 0 unspecified atom stereocenters. The molecule has 0 heterocycles. The Bertz CT molecular complexity index is 56.9. The molecule has 0 aliphatic carbocycles. The number of carbonyl (C=O) groups excluding carboxylic acids is 1. The molecule has 3 nitrogen and oxygen atoms in total. The molecule has 4 heteroatoms. The van der Waals surface area contributed by atoms with E-state index in [2.05, 4.69) is 10.5 Å². The third-order valence-electron chi connectivity index (χ3n) is 0.287. The molecule has 0 fully saturated rings. The molecule has 2 N–H and O–H groups in total. The Hall–Kier alpha value is -0.0417. The summed E-state index contributed by atoms with van der Waals surface area (Å²) in [4.78, 5) is 9.60. The van der Waals surface area contributed by atoms with Crippen LogP contribution >= 0.6 is 0 Å². The van der Waals surface area contributed by atoms with Crippen LogP contribution in [0.4, 0.5) is 4.79 Å². The van der Waals surface area contributed by atoms with E-state index < -0.39 is 6.09 Å². The van der Waals surface area contributed by atoms with Gasteiger partial charge in [-0.05, 0) is 6.92 Å². The molecule has 1 amide bonds. The first-order valence-corrected chi connectivity index (χ1v) is 1.69. The third-order valence-corrected chi connectivity index (χ3v) is 0.287. The molecule has 0 rings (SSSR count). The molecule has 0 aromatic heterocycles. The van der Waals surface area contributed by atoms with Gasteiger partial charge in [-0.25, -0.2) is 4.79 Å². The molecule has 0 bridgehead atoms. The minimum atomic E-state index is -0.711. The van der Waals surface area contributed by atoms with Crippen LogP contribution in [-0.2, 0) is 25.8 Å². The van der Waals surface area contributed by atoms with E-state index in [1.54, 1.807) is 6.92 Å². The summed E-state index contributed by atoms with van der Waals surface area (Å²) < 4.78 is 4.18. The fourth-order valence-electron chi connectivity index (χ4n) is 0.142. The van der Waals surface area contributed by atoms with Crippen molar-refractivity contribution in [2.24, 2.45) is 5.73 Å². The van der Waals surface area contributed by atoms with Crippen molar-refractivity contribution in [3.63, 3.8) is 0 Å². The van der Waals surface area contributed by atoms with Crippen LogP contribution in [0.2, 0.25) is 0 Å². The van der Waals surface area contributed by atoms with E-state index in [0.29, 0.717) is 6.61 Å². The average molecular weight is 273 g/mol. The Balaban J connectivity index is 0. The van der Waals surface area contributed by atoms with Crippen molar-refractivity contribution < 1.29 is 30.6 Å². The quantitative estimate of drug-likeness (QED) is 0.736. The second kappa shape index (κ2) is 5.96. The Morgan fingerprint density at radius 2 is 2.29 bits per heavy atom. The van der Waals surface area contributed by atoms with Crippen molar-refractivity contribution in [3.8, 4) is 0 Å². The van der Waals surface area contributed by atoms with E-state index in [0.717, 1.165) is 0 Å². The molecule has 0 radical (unpaired) electrons. The van der Waals surface area contributed by atoms with E-state index in [1.807, 2.05) is 0 Å². The van der Waals surface area contributed by atoms with Gasteiger partial charge in [0, 0.05) is 21.1 Å². The maximum absolute atomic E-state index is 9.60. The van der Waals surface area contributed by atoms with Crippen LogP contribution in [0.1, 0.15) is 6.92 Å². The van der Waals surface area contributed by atoms with Gasteiger partial charge in [0.05, 0.1) is 6.61 Å². The summed E-state index contributed by atoms with van der Waals surface area (Å²) in [6, 6.07) is 0. The average Bonchev–Trinajstić information content (AvgIpc) is 1.35. The number of primary amides is 1. The van der Waals surface area contributed by atoms with Gasteiger partial charge < -0.3 is 10.5 Å². The van der Waals surface area contributed by atoms with Crippen LogP contribution in [0, 0.1) is 0 Å². The van der Waals surface area contributed by atoms with Gasteiger partial charge >= 0.3 is 6.09 Å². The summed E-state index contributed by atoms with van der Waals surface area (Å²) in [5, 5.41) is 0. The van der Waals surface area contributed by atoms with Gasteiger partial charge in [-0.3, -0.25) is 0 Å². The Morgan fingerprint density at radius 1 is 1.86 bits per heavy atom. The summed E-state index contributed by atoms with van der Waals surface area (Å²) in [5.41, 5.74) is 4.54. The Morgan fingerprint density at radius 3 is 2.29 bits per heavy atom. The number of hydrogen-bond acceptors (Lipinski definition) is 2. The monoisotopic (exact) mass is 273 g/mol. The third kappa shape index (κ3) is 10.7. The standard InChI is InChI=1S/C3H7NO2.W/c1-2-6-3(4)5;/h2H2,1H3,(H2,4,5);. The van der Waals surface area contributed by atoms with Crippen molar-refractivity contribution in [1.29, 1.82) is 0 Å². The molecule has 0 spiro atoms. The van der Waals surface area contributed by atoms with Crippen LogP contribution in [0.15, 0.2) is 0 Å². The van der Waals surface area contributed by atoms with Crippen molar-refractivity contribution in [2.45, 2.75) is 6.92 Å². The summed E-state index contributed by atoms with van der Waals surface area (Å²) in [6.45, 7) is 2.06. The van der Waals surface area contributed by atoms with Crippen molar-refractivity contribution in [1.82, 2.24) is 0 Å². The first-order chi connectivity index (χ1) is 2.77. The van der Waals surface area contributed by atoms with Gasteiger partial charge in [-0.15, -0.1) is 0 Å². The normalized spacial score (nSPS) is 6.43. The number of carbonyl (C=O) groups is 1. The summed E-state index contributed by atoms with van der Waals surface area (Å²) in [5.74, 6) is 0. The number of hydrogen-bond donors (Lipinski definition) is 1. The number of ether oxygens (including phenoxy) is 1. The first kappa shape index (κ1) is 10.0. The molecule has 0 saturated heterocycles. The van der Waals surface area contributed by atoms with Crippen LogP contribution < -0.4 is 5.73 Å². The zero-order valence-electron chi connectivity index (χ0n) is 4.01. The van der Waals surface area contributed by atoms with Gasteiger partial charge in [-0.1, -0.05) is 0 Å². The van der Waals surface area contributed by atoms with E-state index in [4.69, 9.17) is 0 Å². The van der Waals surface area contributed by atoms with Crippen LogP contribution in [0.25, 0.3) is 0 Å². The molecule has 0 saturated carbocycles. The summed E-state index contributed by atoms with van der Waals surface area (Å²) in [7, 11) is 0. The predicted octanol–water partition coefficient (Wildman–Crippen LogP) is 0.0991. The van der Waals surface area contributed by atoms with Gasteiger partial charge in [0.1, 0.15) is 0 Å². The smallest absolute Gasteiger partial charge is 0.404 e. The van der Waals surface area contributed by atoms with Crippen molar-refractivity contribution >= 4 is 6.09 Å². The number of rotatable bonds is 1. The van der Waals surface area contributed by atoms with Gasteiger partial charge in [0.2, 0.25) is 0 Å². The van der Waals surface area contributed by atoms with E-state index in [1.165, 1.54) is 0 Å². The van der Waals surface area contributed by atoms with Crippen molar-refractivity contribution in [3.05, 3.63) is 0 Å². The fourth-order valence-corrected chi connectivity index (χ4v) is 0.142. The van der Waals surface area contributed by atoms with Gasteiger partial charge in [0.15, 0.2) is 0 Å². The second-order valence-electron chi connectivity index (χ2n) is 0.752. The van der Waals surface area contributed by atoms with Gasteiger partial charge in [-0.2, -0.15) is 0 Å². The molecule has 42 valence electrons. The molecule has 7 heavy (non-hydrogen) atoms. The fraction of sp³-hybridized carbons (Fsp3) is 0.667. The van der Waals surface area contributed by atoms with Crippen LogP contribution in [0.3, 0.4) is 0 Å². The minimum absolute atomic E-state index is 0. The molecule has 0 aliphatic heterocycles. The first-order valence-electron chi connectivity index (χ1n) is 1.69. The topological polar surface area (TPSA) is 52.3 Å². The zero-order chi connectivity index (χ0) is 4.99. The van der Waals surface area contributed by atoms with E-state index >= 15 is 0 Å². The zero-order valence-corrected chi connectivity index (χ0v) is 6.94. The molecule has 0 aromatic carbocycles. The Labute approximate surface area is 56.5 Å². The van der Waals surface area contributed by atoms with Crippen LogP contribution in [-0.4, -0.2) is 12.7 Å². The van der Waals surface area contributed by atoms with Gasteiger partial charge in [0.25, 0.3) is 0 Å². The van der Waals surface area contributed by atoms with E-state index in [-0.39, 0.29) is 21.1 Å². The molecule has 0 atom stereocenters. The molecular formula is C3H7NO2W. The Kier molecular flexibility index (Phi) is 8.55. The predicted molar refractivity (Wildman–Crippen MR) is 21.2 cm³/mol. The van der Waals surface area contributed by atoms with Crippen molar-refractivity contribution in [2.75, 3.05) is 6.61 Å². The molecule has 0 aromatic rings.